The molecular weight excluding hydrogens is 218 g/mol. The summed E-state index contributed by atoms with van der Waals surface area (Å²) in [6.07, 6.45) is 15.9. The van der Waals surface area contributed by atoms with E-state index >= 15 is 0 Å². The molecule has 0 aromatic heterocycles. The van der Waals surface area contributed by atoms with Crippen LogP contribution in [0.25, 0.3) is 0 Å². The summed E-state index contributed by atoms with van der Waals surface area (Å²) in [4.78, 5) is 0. The topological polar surface area (TPSA) is 12.0 Å². The molecule has 1 saturated carbocycles. The van der Waals surface area contributed by atoms with Crippen molar-refractivity contribution in [3.63, 3.8) is 0 Å². The molecule has 0 spiro atoms. The zero-order chi connectivity index (χ0) is 13.2. The van der Waals surface area contributed by atoms with E-state index in [1.165, 1.54) is 56.9 Å². The maximum Gasteiger partial charge on any atom is 0.0134 e. The fourth-order valence-electron chi connectivity index (χ4n) is 2.85. The smallest absolute Gasteiger partial charge is 0.0134 e. The summed E-state index contributed by atoms with van der Waals surface area (Å²) in [5, 5.41) is 3.16. The second-order valence-corrected chi connectivity index (χ2v) is 5.91. The van der Waals surface area contributed by atoms with Crippen LogP contribution >= 0.6 is 0 Å². The Balaban J connectivity index is 2.20. The Morgan fingerprint density at radius 3 is 2.44 bits per heavy atom. The molecule has 0 saturated heterocycles. The van der Waals surface area contributed by atoms with Crippen molar-refractivity contribution >= 4 is 0 Å². The lowest BCUT2D eigenvalue weighted by atomic mass is 9.85. The maximum atomic E-state index is 3.16. The summed E-state index contributed by atoms with van der Waals surface area (Å²) in [6.45, 7) is 5.56. The Morgan fingerprint density at radius 1 is 1.06 bits per heavy atom. The number of hydrogen-bond acceptors (Lipinski definition) is 1. The largest absolute Gasteiger partial charge is 0.316 e. The van der Waals surface area contributed by atoms with Crippen LogP contribution in [-0.4, -0.2) is 13.6 Å². The van der Waals surface area contributed by atoms with Crippen LogP contribution in [0.2, 0.25) is 0 Å². The standard InChI is InChI=1S/C17H31N/c1-15(12-13-18-3)8-7-9-16(2)14-17-10-5-4-6-11-17/h9,12,17-18H,4-8,10-11,13-14H2,1-3H3/b15-12+,16-9+. The molecular formula is C17H31N. The minimum atomic E-state index is 0.982. The van der Waals surface area contributed by atoms with Crippen LogP contribution in [0, 0.1) is 5.92 Å². The van der Waals surface area contributed by atoms with Crippen molar-refractivity contribution in [1.29, 1.82) is 0 Å². The van der Waals surface area contributed by atoms with Crippen molar-refractivity contribution in [2.45, 2.75) is 65.2 Å². The van der Waals surface area contributed by atoms with Gasteiger partial charge in [0.25, 0.3) is 0 Å². The Hall–Kier alpha value is -0.560. The molecule has 104 valence electrons. The number of allylic oxidation sites excluding steroid dienone is 3. The molecule has 18 heavy (non-hydrogen) atoms. The van der Waals surface area contributed by atoms with E-state index in [-0.39, 0.29) is 0 Å². The summed E-state index contributed by atoms with van der Waals surface area (Å²) in [5.41, 5.74) is 3.12. The van der Waals surface area contributed by atoms with E-state index < -0.39 is 0 Å². The van der Waals surface area contributed by atoms with Crippen LogP contribution < -0.4 is 5.32 Å². The van der Waals surface area contributed by atoms with E-state index in [4.69, 9.17) is 0 Å². The van der Waals surface area contributed by atoms with Gasteiger partial charge in [-0.05, 0) is 46.1 Å². The number of rotatable bonds is 7. The van der Waals surface area contributed by atoms with Gasteiger partial charge in [-0.1, -0.05) is 55.4 Å². The summed E-state index contributed by atoms with van der Waals surface area (Å²) >= 11 is 0. The minimum absolute atomic E-state index is 0.982. The molecule has 0 amide bonds. The minimum Gasteiger partial charge on any atom is -0.316 e. The van der Waals surface area contributed by atoms with Crippen LogP contribution in [0.15, 0.2) is 23.3 Å². The molecule has 1 aliphatic rings. The van der Waals surface area contributed by atoms with Crippen LogP contribution in [0.4, 0.5) is 0 Å². The molecule has 0 aliphatic heterocycles. The highest BCUT2D eigenvalue weighted by molar-refractivity contribution is 5.04. The zero-order valence-corrected chi connectivity index (χ0v) is 12.6. The van der Waals surface area contributed by atoms with E-state index in [2.05, 4.69) is 31.3 Å². The SMILES string of the molecule is CNC/C=C(\C)CC/C=C(\C)CC1CCCCC1. The molecule has 1 heteroatoms. The van der Waals surface area contributed by atoms with Gasteiger partial charge in [0.2, 0.25) is 0 Å². The second kappa shape index (κ2) is 9.38. The Labute approximate surface area is 114 Å². The van der Waals surface area contributed by atoms with Gasteiger partial charge in [0, 0.05) is 6.54 Å². The van der Waals surface area contributed by atoms with Gasteiger partial charge in [0.15, 0.2) is 0 Å². The van der Waals surface area contributed by atoms with Gasteiger partial charge >= 0.3 is 0 Å². The van der Waals surface area contributed by atoms with Crippen molar-refractivity contribution in [3.05, 3.63) is 23.3 Å². The molecule has 1 fully saturated rings. The quantitative estimate of drug-likeness (QED) is 0.636. The number of hydrogen-bond donors (Lipinski definition) is 1. The van der Waals surface area contributed by atoms with Gasteiger partial charge in [-0.3, -0.25) is 0 Å². The lowest BCUT2D eigenvalue weighted by Gasteiger charge is -2.21. The van der Waals surface area contributed by atoms with Gasteiger partial charge in [0.1, 0.15) is 0 Å². The average Bonchev–Trinajstić information content (AvgIpc) is 2.37. The molecule has 0 radical (unpaired) electrons. The lowest BCUT2D eigenvalue weighted by Crippen LogP contribution is -2.06. The predicted octanol–water partition coefficient (Wildman–Crippen LogP) is 4.85. The zero-order valence-electron chi connectivity index (χ0n) is 12.6. The van der Waals surface area contributed by atoms with Crippen LogP contribution in [0.3, 0.4) is 0 Å². The maximum absolute atomic E-state index is 3.16. The highest BCUT2D eigenvalue weighted by Crippen LogP contribution is 2.28. The van der Waals surface area contributed by atoms with Crippen molar-refractivity contribution in [3.8, 4) is 0 Å². The molecule has 1 N–H and O–H groups in total. The van der Waals surface area contributed by atoms with Gasteiger partial charge in [0.05, 0.1) is 0 Å². The average molecular weight is 249 g/mol. The molecule has 0 aromatic rings. The van der Waals surface area contributed by atoms with Crippen molar-refractivity contribution in [2.24, 2.45) is 5.92 Å². The molecule has 0 heterocycles. The number of likely N-dealkylation sites (N-methyl/N-ethyl adjacent to an activating group) is 1. The van der Waals surface area contributed by atoms with Gasteiger partial charge in [-0.15, -0.1) is 0 Å². The van der Waals surface area contributed by atoms with Gasteiger partial charge < -0.3 is 5.32 Å². The molecule has 0 bridgehead atoms. The van der Waals surface area contributed by atoms with Gasteiger partial charge in [-0.2, -0.15) is 0 Å². The van der Waals surface area contributed by atoms with Crippen LogP contribution in [-0.2, 0) is 0 Å². The first kappa shape index (κ1) is 15.5. The highest BCUT2D eigenvalue weighted by atomic mass is 14.8. The van der Waals surface area contributed by atoms with Crippen molar-refractivity contribution in [2.75, 3.05) is 13.6 Å². The first-order chi connectivity index (χ1) is 8.72. The summed E-state index contributed by atoms with van der Waals surface area (Å²) in [6, 6.07) is 0. The fourth-order valence-corrected chi connectivity index (χ4v) is 2.85. The van der Waals surface area contributed by atoms with Crippen LogP contribution in [0.1, 0.15) is 65.2 Å². The van der Waals surface area contributed by atoms with E-state index in [0.717, 1.165) is 12.5 Å². The monoisotopic (exact) mass is 249 g/mol. The molecule has 1 nitrogen and oxygen atoms in total. The van der Waals surface area contributed by atoms with Crippen LogP contribution in [0.5, 0.6) is 0 Å². The Morgan fingerprint density at radius 2 is 1.78 bits per heavy atom. The third-order valence-electron chi connectivity index (χ3n) is 4.02. The summed E-state index contributed by atoms with van der Waals surface area (Å²) in [7, 11) is 2.00. The van der Waals surface area contributed by atoms with E-state index in [9.17, 15) is 0 Å². The van der Waals surface area contributed by atoms with E-state index in [1.54, 1.807) is 5.57 Å². The summed E-state index contributed by atoms with van der Waals surface area (Å²) in [5.74, 6) is 0.982. The Kier molecular flexibility index (Phi) is 8.08. The van der Waals surface area contributed by atoms with E-state index in [1.807, 2.05) is 7.05 Å². The molecule has 1 rings (SSSR count). The normalized spacial score (nSPS) is 19.3. The first-order valence-electron chi connectivity index (χ1n) is 7.68. The lowest BCUT2D eigenvalue weighted by molar-refractivity contribution is 0.356. The Bertz CT molecular complexity index is 269. The third kappa shape index (κ3) is 7.00. The van der Waals surface area contributed by atoms with Crippen molar-refractivity contribution in [1.82, 2.24) is 5.32 Å². The van der Waals surface area contributed by atoms with E-state index in [0.29, 0.717) is 0 Å². The number of nitrogens with one attached hydrogen (secondary N) is 1. The second-order valence-electron chi connectivity index (χ2n) is 5.91. The third-order valence-corrected chi connectivity index (χ3v) is 4.02. The first-order valence-corrected chi connectivity index (χ1v) is 7.68. The molecule has 0 aromatic carbocycles. The summed E-state index contributed by atoms with van der Waals surface area (Å²) < 4.78 is 0. The molecule has 1 aliphatic carbocycles. The predicted molar refractivity (Wildman–Crippen MR) is 81.9 cm³/mol. The fraction of sp³-hybridized carbons (Fsp3) is 0.765. The van der Waals surface area contributed by atoms with Gasteiger partial charge in [-0.25, -0.2) is 0 Å². The highest BCUT2D eigenvalue weighted by Gasteiger charge is 2.13. The molecule has 0 unspecified atom stereocenters. The molecule has 0 atom stereocenters. The van der Waals surface area contributed by atoms with Crippen molar-refractivity contribution < 1.29 is 0 Å².